The SMILES string of the molecule is CC(Sc1n[nH]c(N)n1)C(=O)Nc1ccc(OC(F)(F)F)cc1. The number of amides is 1. The monoisotopic (exact) mass is 347 g/mol. The summed E-state index contributed by atoms with van der Waals surface area (Å²) in [5.41, 5.74) is 5.72. The second-order valence-electron chi connectivity index (χ2n) is 4.32. The van der Waals surface area contributed by atoms with E-state index in [1.807, 2.05) is 0 Å². The largest absolute Gasteiger partial charge is 0.573 e. The Bertz CT molecular complexity index is 674. The van der Waals surface area contributed by atoms with E-state index in [1.165, 1.54) is 12.1 Å². The summed E-state index contributed by atoms with van der Waals surface area (Å²) in [4.78, 5) is 15.9. The number of benzene rings is 1. The van der Waals surface area contributed by atoms with Gasteiger partial charge in [-0.2, -0.15) is 4.98 Å². The summed E-state index contributed by atoms with van der Waals surface area (Å²) in [5.74, 6) is -0.586. The molecule has 7 nitrogen and oxygen atoms in total. The van der Waals surface area contributed by atoms with Crippen LogP contribution in [-0.4, -0.2) is 32.7 Å². The van der Waals surface area contributed by atoms with Gasteiger partial charge in [0.15, 0.2) is 0 Å². The van der Waals surface area contributed by atoms with Crippen LogP contribution in [-0.2, 0) is 4.79 Å². The van der Waals surface area contributed by atoms with Crippen LogP contribution in [0.25, 0.3) is 0 Å². The van der Waals surface area contributed by atoms with Gasteiger partial charge in [0.2, 0.25) is 17.0 Å². The van der Waals surface area contributed by atoms with Gasteiger partial charge in [0, 0.05) is 5.69 Å². The quantitative estimate of drug-likeness (QED) is 0.717. The maximum absolute atomic E-state index is 12.0. The summed E-state index contributed by atoms with van der Waals surface area (Å²) >= 11 is 1.08. The zero-order valence-electron chi connectivity index (χ0n) is 11.7. The number of nitrogen functional groups attached to an aromatic ring is 1. The third kappa shape index (κ3) is 5.36. The van der Waals surface area contributed by atoms with Gasteiger partial charge in [-0.25, -0.2) is 5.10 Å². The molecule has 1 atom stereocenters. The lowest BCUT2D eigenvalue weighted by atomic mass is 10.3. The van der Waals surface area contributed by atoms with Gasteiger partial charge in [-0.1, -0.05) is 11.8 Å². The first-order chi connectivity index (χ1) is 10.7. The van der Waals surface area contributed by atoms with E-state index in [0.29, 0.717) is 10.8 Å². The molecular formula is C12H12F3N5O2S. The van der Waals surface area contributed by atoms with Crippen molar-refractivity contribution >= 4 is 29.3 Å². The molecule has 0 fully saturated rings. The highest BCUT2D eigenvalue weighted by Crippen LogP contribution is 2.25. The van der Waals surface area contributed by atoms with Crippen LogP contribution in [0.4, 0.5) is 24.8 Å². The molecule has 2 rings (SSSR count). The molecule has 1 amide bonds. The molecule has 0 bridgehead atoms. The molecule has 0 aliphatic heterocycles. The van der Waals surface area contributed by atoms with Gasteiger partial charge in [-0.15, -0.1) is 18.3 Å². The fourth-order valence-electron chi connectivity index (χ4n) is 1.51. The first-order valence-electron chi connectivity index (χ1n) is 6.24. The van der Waals surface area contributed by atoms with Gasteiger partial charge in [0.1, 0.15) is 5.75 Å². The van der Waals surface area contributed by atoms with E-state index in [1.54, 1.807) is 6.92 Å². The lowest BCUT2D eigenvalue weighted by Gasteiger charge is -2.12. The number of nitrogens with two attached hydrogens (primary N) is 1. The number of nitrogens with one attached hydrogen (secondary N) is 2. The number of H-pyrrole nitrogens is 1. The van der Waals surface area contributed by atoms with E-state index in [0.717, 1.165) is 23.9 Å². The van der Waals surface area contributed by atoms with Crippen LogP contribution < -0.4 is 15.8 Å². The van der Waals surface area contributed by atoms with Crippen molar-refractivity contribution in [1.29, 1.82) is 0 Å². The smallest absolute Gasteiger partial charge is 0.406 e. The Kier molecular flexibility index (Phi) is 4.98. The lowest BCUT2D eigenvalue weighted by molar-refractivity contribution is -0.274. The number of aromatic nitrogens is 3. The number of carbonyl (C=O) groups is 1. The molecule has 0 spiro atoms. The molecule has 23 heavy (non-hydrogen) atoms. The van der Waals surface area contributed by atoms with E-state index in [2.05, 4.69) is 25.2 Å². The predicted octanol–water partition coefficient (Wildman–Crippen LogP) is 2.40. The molecule has 0 saturated heterocycles. The molecule has 0 aliphatic carbocycles. The number of alkyl halides is 3. The molecule has 124 valence electrons. The second-order valence-corrected chi connectivity index (χ2v) is 5.63. The molecule has 11 heteroatoms. The molecule has 1 aromatic heterocycles. The van der Waals surface area contributed by atoms with E-state index < -0.39 is 11.6 Å². The molecule has 0 radical (unpaired) electrons. The number of halogens is 3. The summed E-state index contributed by atoms with van der Waals surface area (Å²) in [6.45, 7) is 1.63. The summed E-state index contributed by atoms with van der Waals surface area (Å²) in [5, 5.41) is 8.59. The average Bonchev–Trinajstić information content (AvgIpc) is 2.84. The van der Waals surface area contributed by atoms with Crippen molar-refractivity contribution in [3.8, 4) is 5.75 Å². The van der Waals surface area contributed by atoms with Gasteiger partial charge < -0.3 is 15.8 Å². The fourth-order valence-corrected chi connectivity index (χ4v) is 2.24. The van der Waals surface area contributed by atoms with Crippen molar-refractivity contribution in [2.45, 2.75) is 23.7 Å². The molecule has 1 aromatic carbocycles. The highest BCUT2D eigenvalue weighted by molar-refractivity contribution is 8.00. The van der Waals surface area contributed by atoms with E-state index in [-0.39, 0.29) is 17.6 Å². The Morgan fingerprint density at radius 1 is 1.39 bits per heavy atom. The zero-order chi connectivity index (χ0) is 17.0. The first-order valence-corrected chi connectivity index (χ1v) is 7.12. The average molecular weight is 347 g/mol. The van der Waals surface area contributed by atoms with Gasteiger partial charge in [0.05, 0.1) is 5.25 Å². The summed E-state index contributed by atoms with van der Waals surface area (Å²) in [6, 6.07) is 4.83. The maximum Gasteiger partial charge on any atom is 0.573 e. The third-order valence-electron chi connectivity index (χ3n) is 2.49. The van der Waals surface area contributed by atoms with Crippen molar-refractivity contribution in [3.05, 3.63) is 24.3 Å². The van der Waals surface area contributed by atoms with Crippen LogP contribution in [0.5, 0.6) is 5.75 Å². The van der Waals surface area contributed by atoms with Crippen LogP contribution in [0, 0.1) is 0 Å². The number of nitrogens with zero attached hydrogens (tertiary/aromatic N) is 2. The molecular weight excluding hydrogens is 335 g/mol. The Morgan fingerprint density at radius 2 is 2.04 bits per heavy atom. The topological polar surface area (TPSA) is 106 Å². The minimum atomic E-state index is -4.76. The molecule has 2 aromatic rings. The number of anilines is 2. The van der Waals surface area contributed by atoms with Crippen LogP contribution >= 0.6 is 11.8 Å². The zero-order valence-corrected chi connectivity index (χ0v) is 12.5. The number of aromatic amines is 1. The van der Waals surface area contributed by atoms with E-state index in [9.17, 15) is 18.0 Å². The summed E-state index contributed by atoms with van der Waals surface area (Å²) < 4.78 is 39.9. The number of hydrogen-bond acceptors (Lipinski definition) is 6. The third-order valence-corrected chi connectivity index (χ3v) is 3.45. The summed E-state index contributed by atoms with van der Waals surface area (Å²) in [6.07, 6.45) is -4.76. The van der Waals surface area contributed by atoms with Crippen molar-refractivity contribution in [1.82, 2.24) is 15.2 Å². The first kappa shape index (κ1) is 16.9. The Labute approximate surface area is 132 Å². The lowest BCUT2D eigenvalue weighted by Crippen LogP contribution is -2.22. The predicted molar refractivity (Wildman–Crippen MR) is 77.9 cm³/mol. The Hall–Kier alpha value is -2.43. The molecule has 1 unspecified atom stereocenters. The van der Waals surface area contributed by atoms with Crippen molar-refractivity contribution in [2.24, 2.45) is 0 Å². The summed E-state index contributed by atoms with van der Waals surface area (Å²) in [7, 11) is 0. The van der Waals surface area contributed by atoms with Gasteiger partial charge in [-0.05, 0) is 31.2 Å². The van der Waals surface area contributed by atoms with Crippen LogP contribution in [0.2, 0.25) is 0 Å². The van der Waals surface area contributed by atoms with Crippen LogP contribution in [0.1, 0.15) is 6.92 Å². The van der Waals surface area contributed by atoms with Crippen molar-refractivity contribution < 1.29 is 22.7 Å². The van der Waals surface area contributed by atoms with E-state index >= 15 is 0 Å². The Morgan fingerprint density at radius 3 is 2.57 bits per heavy atom. The maximum atomic E-state index is 12.0. The number of carbonyl (C=O) groups excluding carboxylic acids is 1. The number of thioether (sulfide) groups is 1. The highest BCUT2D eigenvalue weighted by Gasteiger charge is 2.31. The normalized spacial score (nSPS) is 12.7. The standard InChI is InChI=1S/C12H12F3N5O2S/c1-6(23-11-18-10(16)19-20-11)9(21)17-7-2-4-8(5-3-7)22-12(13,14)15/h2-6H,1H3,(H,17,21)(H3,16,18,19,20). The van der Waals surface area contributed by atoms with Crippen molar-refractivity contribution in [3.63, 3.8) is 0 Å². The Balaban J connectivity index is 1.91. The van der Waals surface area contributed by atoms with Gasteiger partial charge in [0.25, 0.3) is 0 Å². The second kappa shape index (κ2) is 6.77. The molecule has 0 saturated carbocycles. The van der Waals surface area contributed by atoms with Gasteiger partial charge in [-0.3, -0.25) is 4.79 Å². The molecule has 0 aliphatic rings. The molecule has 4 N–H and O–H groups in total. The van der Waals surface area contributed by atoms with E-state index in [4.69, 9.17) is 5.73 Å². The number of rotatable bonds is 5. The van der Waals surface area contributed by atoms with Crippen LogP contribution in [0.3, 0.4) is 0 Å². The molecule has 1 heterocycles. The number of hydrogen-bond donors (Lipinski definition) is 3. The van der Waals surface area contributed by atoms with Crippen molar-refractivity contribution in [2.75, 3.05) is 11.1 Å². The minimum absolute atomic E-state index is 0.139. The fraction of sp³-hybridized carbons (Fsp3) is 0.250. The van der Waals surface area contributed by atoms with Gasteiger partial charge >= 0.3 is 6.36 Å². The van der Waals surface area contributed by atoms with Crippen LogP contribution in [0.15, 0.2) is 29.4 Å². The number of ether oxygens (including phenoxy) is 1. The highest BCUT2D eigenvalue weighted by atomic mass is 32.2. The minimum Gasteiger partial charge on any atom is -0.406 e.